The van der Waals surface area contributed by atoms with Gasteiger partial charge in [0.15, 0.2) is 5.13 Å². The molecule has 1 N–H and O–H groups in total. The van der Waals surface area contributed by atoms with Crippen LogP contribution in [0.2, 0.25) is 0 Å². The first kappa shape index (κ1) is 20.7. The number of hydrogen-bond donors (Lipinski definition) is 1. The average molecular weight is 454 g/mol. The maximum atomic E-state index is 12.5. The maximum Gasteiger partial charge on any atom is 0.277 e. The highest BCUT2D eigenvalue weighted by Crippen LogP contribution is 2.29. The number of benzene rings is 2. The van der Waals surface area contributed by atoms with Gasteiger partial charge in [-0.3, -0.25) is 14.9 Å². The van der Waals surface area contributed by atoms with Crippen LogP contribution in [-0.4, -0.2) is 31.3 Å². The molecule has 0 saturated heterocycles. The molecule has 1 amide bonds. The van der Waals surface area contributed by atoms with Crippen molar-refractivity contribution < 1.29 is 14.1 Å². The molecular weight excluding hydrogens is 438 g/mol. The van der Waals surface area contributed by atoms with Crippen LogP contribution in [0.5, 0.6) is 0 Å². The Morgan fingerprint density at radius 1 is 1.16 bits per heavy atom. The monoisotopic (exact) mass is 453 g/mol. The predicted molar refractivity (Wildman–Crippen MR) is 118 cm³/mol. The van der Waals surface area contributed by atoms with Gasteiger partial charge in [-0.25, -0.2) is 4.98 Å². The largest absolute Gasteiger partial charge is 0.411 e. The van der Waals surface area contributed by atoms with Crippen molar-refractivity contribution in [1.29, 1.82) is 0 Å². The van der Waals surface area contributed by atoms with Crippen molar-refractivity contribution in [2.24, 2.45) is 0 Å². The molecule has 4 aromatic rings. The van der Waals surface area contributed by atoms with Gasteiger partial charge in [-0.15, -0.1) is 21.5 Å². The summed E-state index contributed by atoms with van der Waals surface area (Å²) in [6.45, 7) is 1.72. The molecule has 0 spiro atoms. The number of anilines is 1. The second-order valence-electron chi connectivity index (χ2n) is 6.33. The van der Waals surface area contributed by atoms with E-state index in [4.69, 9.17) is 4.42 Å². The van der Waals surface area contributed by atoms with Crippen molar-refractivity contribution >= 4 is 39.8 Å². The first-order valence-electron chi connectivity index (χ1n) is 9.06. The lowest BCUT2D eigenvalue weighted by Crippen LogP contribution is -2.22. The minimum absolute atomic E-state index is 0.0180. The van der Waals surface area contributed by atoms with Crippen LogP contribution in [0, 0.1) is 10.1 Å². The number of non-ortho nitro benzene ring substituents is 1. The van der Waals surface area contributed by atoms with Crippen molar-refractivity contribution in [2.45, 2.75) is 17.4 Å². The topological polar surface area (TPSA) is 124 Å². The molecule has 0 aliphatic rings. The Bertz CT molecular complexity index is 1230. The Labute approximate surface area is 184 Å². The Morgan fingerprint density at radius 3 is 2.71 bits per heavy atom. The zero-order valence-corrected chi connectivity index (χ0v) is 17.7. The summed E-state index contributed by atoms with van der Waals surface area (Å²) in [5, 5.41) is 23.6. The van der Waals surface area contributed by atoms with E-state index in [1.165, 1.54) is 23.5 Å². The smallest absolute Gasteiger partial charge is 0.277 e. The first-order chi connectivity index (χ1) is 15.0. The number of amides is 1. The van der Waals surface area contributed by atoms with E-state index in [1.807, 2.05) is 30.3 Å². The summed E-state index contributed by atoms with van der Waals surface area (Å²) < 4.78 is 5.63. The molecule has 0 saturated carbocycles. The summed E-state index contributed by atoms with van der Waals surface area (Å²) in [6.07, 6.45) is 0. The summed E-state index contributed by atoms with van der Waals surface area (Å²) in [4.78, 5) is 27.4. The number of carbonyl (C=O) groups excluding carboxylic acids is 1. The molecule has 0 bridgehead atoms. The molecule has 2 aromatic heterocycles. The molecular formula is C20H15N5O4S2. The zero-order chi connectivity index (χ0) is 21.8. The third-order valence-corrected chi connectivity index (χ3v) is 5.85. The first-order valence-corrected chi connectivity index (χ1v) is 10.8. The summed E-state index contributed by atoms with van der Waals surface area (Å²) in [7, 11) is 0. The van der Waals surface area contributed by atoms with Crippen LogP contribution in [0.25, 0.3) is 22.7 Å². The van der Waals surface area contributed by atoms with Gasteiger partial charge >= 0.3 is 0 Å². The molecule has 0 aliphatic carbocycles. The van der Waals surface area contributed by atoms with Gasteiger partial charge in [0.05, 0.1) is 15.9 Å². The molecule has 0 radical (unpaired) electrons. The molecule has 0 fully saturated rings. The summed E-state index contributed by atoms with van der Waals surface area (Å²) in [5.74, 6) is 0.113. The van der Waals surface area contributed by atoms with E-state index < -0.39 is 10.2 Å². The molecule has 1 unspecified atom stereocenters. The number of nitrogens with zero attached hydrogens (tertiary/aromatic N) is 4. The van der Waals surface area contributed by atoms with E-state index in [1.54, 1.807) is 24.4 Å². The third kappa shape index (κ3) is 4.95. The fraction of sp³-hybridized carbons (Fsp3) is 0.100. The second kappa shape index (κ2) is 9.06. The van der Waals surface area contributed by atoms with Gasteiger partial charge in [0.1, 0.15) is 0 Å². The molecule has 11 heteroatoms. The lowest BCUT2D eigenvalue weighted by Gasteiger charge is -2.07. The standard InChI is InChI=1S/C20H15N5O4S2/c1-12(31-20-24-23-18(29-20)13-6-3-2-4-7-13)17(26)22-19-21-16(11-30-19)14-8-5-9-15(10-14)25(27)28/h2-12H,1H3,(H,21,22,26). The quantitative estimate of drug-likeness (QED) is 0.238. The van der Waals surface area contributed by atoms with Crippen LogP contribution in [-0.2, 0) is 4.79 Å². The normalized spacial score (nSPS) is 11.8. The number of rotatable bonds is 7. The molecule has 4 rings (SSSR count). The number of nitro benzene ring substituents is 1. The van der Waals surface area contributed by atoms with Gasteiger partial charge in [0.2, 0.25) is 11.8 Å². The van der Waals surface area contributed by atoms with Crippen molar-refractivity contribution in [3.63, 3.8) is 0 Å². The fourth-order valence-corrected chi connectivity index (χ4v) is 4.02. The number of nitrogens with one attached hydrogen (secondary N) is 1. The number of hydrogen-bond acceptors (Lipinski definition) is 9. The summed E-state index contributed by atoms with van der Waals surface area (Å²) in [6, 6.07) is 15.5. The summed E-state index contributed by atoms with van der Waals surface area (Å²) in [5.41, 5.74) is 1.94. The van der Waals surface area contributed by atoms with E-state index in [0.29, 0.717) is 22.3 Å². The van der Waals surface area contributed by atoms with E-state index in [0.717, 1.165) is 17.3 Å². The van der Waals surface area contributed by atoms with Crippen LogP contribution in [0.3, 0.4) is 0 Å². The van der Waals surface area contributed by atoms with E-state index >= 15 is 0 Å². The van der Waals surface area contributed by atoms with Gasteiger partial charge in [-0.1, -0.05) is 42.1 Å². The van der Waals surface area contributed by atoms with Gasteiger partial charge < -0.3 is 9.73 Å². The highest BCUT2D eigenvalue weighted by atomic mass is 32.2. The predicted octanol–water partition coefficient (Wildman–Crippen LogP) is 4.89. The molecule has 2 heterocycles. The molecule has 0 aliphatic heterocycles. The number of thiazole rings is 1. The molecule has 1 atom stereocenters. The SMILES string of the molecule is CC(Sc1nnc(-c2ccccc2)o1)C(=O)Nc1nc(-c2cccc([N+](=O)[O-])c2)cs1. The van der Waals surface area contributed by atoms with Crippen LogP contribution in [0.1, 0.15) is 6.92 Å². The van der Waals surface area contributed by atoms with Gasteiger partial charge in [-0.2, -0.15) is 0 Å². The van der Waals surface area contributed by atoms with Crippen molar-refractivity contribution in [3.05, 3.63) is 70.1 Å². The Morgan fingerprint density at radius 2 is 1.94 bits per heavy atom. The van der Waals surface area contributed by atoms with Crippen molar-refractivity contribution in [3.8, 4) is 22.7 Å². The highest BCUT2D eigenvalue weighted by molar-refractivity contribution is 8.00. The van der Waals surface area contributed by atoms with Crippen LogP contribution >= 0.6 is 23.1 Å². The number of nitro groups is 1. The lowest BCUT2D eigenvalue weighted by molar-refractivity contribution is -0.384. The number of carbonyl (C=O) groups is 1. The van der Waals surface area contributed by atoms with Gasteiger partial charge in [0.25, 0.3) is 10.9 Å². The molecule has 31 heavy (non-hydrogen) atoms. The van der Waals surface area contributed by atoms with E-state index in [9.17, 15) is 14.9 Å². The van der Waals surface area contributed by atoms with Crippen LogP contribution in [0.15, 0.2) is 69.6 Å². The van der Waals surface area contributed by atoms with Crippen molar-refractivity contribution in [2.75, 3.05) is 5.32 Å². The van der Waals surface area contributed by atoms with E-state index in [2.05, 4.69) is 20.5 Å². The van der Waals surface area contributed by atoms with Crippen molar-refractivity contribution in [1.82, 2.24) is 15.2 Å². The Kier molecular flexibility index (Phi) is 6.05. The van der Waals surface area contributed by atoms with Crippen LogP contribution in [0.4, 0.5) is 10.8 Å². The average Bonchev–Trinajstić information content (AvgIpc) is 3.44. The molecule has 2 aromatic carbocycles. The minimum atomic E-state index is -0.505. The lowest BCUT2D eigenvalue weighted by atomic mass is 10.1. The Balaban J connectivity index is 1.39. The van der Waals surface area contributed by atoms with E-state index in [-0.39, 0.29) is 16.8 Å². The molecule has 156 valence electrons. The summed E-state index contributed by atoms with van der Waals surface area (Å²) >= 11 is 2.38. The highest BCUT2D eigenvalue weighted by Gasteiger charge is 2.20. The minimum Gasteiger partial charge on any atom is -0.411 e. The zero-order valence-electron chi connectivity index (χ0n) is 16.1. The third-order valence-electron chi connectivity index (χ3n) is 4.16. The maximum absolute atomic E-state index is 12.5. The van der Waals surface area contributed by atoms with Gasteiger partial charge in [-0.05, 0) is 19.1 Å². The Hall–Kier alpha value is -3.57. The molecule has 9 nitrogen and oxygen atoms in total. The number of aromatic nitrogens is 3. The number of thioether (sulfide) groups is 1. The second-order valence-corrected chi connectivity index (χ2v) is 8.48. The van der Waals surface area contributed by atoms with Gasteiger partial charge in [0, 0.05) is 28.6 Å². The fourth-order valence-electron chi connectivity index (χ4n) is 2.61. The van der Waals surface area contributed by atoms with Crippen LogP contribution < -0.4 is 5.32 Å².